The van der Waals surface area contributed by atoms with Crippen molar-refractivity contribution in [2.75, 3.05) is 13.1 Å². The Kier molecular flexibility index (Phi) is 0.982. The maximum atomic E-state index is 12.7. The second-order valence-electron chi connectivity index (χ2n) is 3.08. The van der Waals surface area contributed by atoms with E-state index in [9.17, 15) is 13.6 Å². The number of rotatable bonds is 1. The summed E-state index contributed by atoms with van der Waals surface area (Å²) in [6, 6.07) is 0. The van der Waals surface area contributed by atoms with Crippen molar-refractivity contribution in [3.63, 3.8) is 0 Å². The summed E-state index contributed by atoms with van der Waals surface area (Å²) in [5, 5.41) is 11.2. The largest absolute Gasteiger partial charge is 0.481 e. The van der Waals surface area contributed by atoms with Crippen LogP contribution in [0.3, 0.4) is 0 Å². The van der Waals surface area contributed by atoms with Crippen molar-refractivity contribution >= 4 is 5.97 Å². The van der Waals surface area contributed by atoms with Gasteiger partial charge in [-0.2, -0.15) is 0 Å². The number of alkyl halides is 2. The third-order valence-electron chi connectivity index (χ3n) is 2.68. The predicted molar refractivity (Wildman–Crippen MR) is 31.4 cm³/mol. The second-order valence-corrected chi connectivity index (χ2v) is 3.08. The first-order chi connectivity index (χ1) is 5.03. The normalized spacial score (nSPS) is 45.1. The van der Waals surface area contributed by atoms with Crippen LogP contribution in [-0.2, 0) is 4.79 Å². The fraction of sp³-hybridized carbons (Fsp3) is 0.833. The first kappa shape index (κ1) is 6.97. The number of carboxylic acids is 1. The third-order valence-corrected chi connectivity index (χ3v) is 2.68. The number of piperidine rings is 1. The molecule has 1 heterocycles. The van der Waals surface area contributed by atoms with E-state index in [0.717, 1.165) is 0 Å². The van der Waals surface area contributed by atoms with Gasteiger partial charge in [-0.1, -0.05) is 0 Å². The van der Waals surface area contributed by atoms with Crippen LogP contribution in [0, 0.1) is 11.3 Å². The molecule has 0 unspecified atom stereocenters. The Hall–Kier alpha value is -0.710. The fourth-order valence-corrected chi connectivity index (χ4v) is 1.86. The Labute approximate surface area is 61.4 Å². The monoisotopic (exact) mass is 163 g/mol. The standard InChI is InChI=1S/C6H7F2NO2/c7-6(8)3-1-9-2-5(3,6)4(10)11/h3,9H,1-2H2,(H,10,11)/t3-,5-/m1/s1. The van der Waals surface area contributed by atoms with Gasteiger partial charge in [0.1, 0.15) is 0 Å². The number of nitrogens with one attached hydrogen (secondary N) is 1. The van der Waals surface area contributed by atoms with E-state index in [4.69, 9.17) is 5.11 Å². The molecule has 2 aliphatic rings. The summed E-state index contributed by atoms with van der Waals surface area (Å²) in [5.41, 5.74) is -1.77. The Morgan fingerprint density at radius 2 is 2.27 bits per heavy atom. The van der Waals surface area contributed by atoms with Gasteiger partial charge >= 0.3 is 5.97 Å². The number of carboxylic acid groups (broad SMARTS) is 1. The van der Waals surface area contributed by atoms with Gasteiger partial charge < -0.3 is 10.4 Å². The molecule has 2 N–H and O–H groups in total. The average molecular weight is 163 g/mol. The van der Waals surface area contributed by atoms with Gasteiger partial charge in [-0.05, 0) is 0 Å². The molecule has 0 aromatic carbocycles. The summed E-state index contributed by atoms with van der Waals surface area (Å²) >= 11 is 0. The Morgan fingerprint density at radius 1 is 1.64 bits per heavy atom. The molecule has 0 amide bonds. The highest BCUT2D eigenvalue weighted by Crippen LogP contribution is 2.67. The summed E-state index contributed by atoms with van der Waals surface area (Å²) < 4.78 is 25.5. The van der Waals surface area contributed by atoms with E-state index >= 15 is 0 Å². The highest BCUT2D eigenvalue weighted by Gasteiger charge is 2.86. The highest BCUT2D eigenvalue weighted by atomic mass is 19.3. The minimum Gasteiger partial charge on any atom is -0.481 e. The summed E-state index contributed by atoms with van der Waals surface area (Å²) in [7, 11) is 0. The van der Waals surface area contributed by atoms with Crippen LogP contribution in [0.5, 0.6) is 0 Å². The number of hydrogen-bond acceptors (Lipinski definition) is 2. The second kappa shape index (κ2) is 1.55. The van der Waals surface area contributed by atoms with Crippen LogP contribution in [0.4, 0.5) is 8.78 Å². The van der Waals surface area contributed by atoms with Gasteiger partial charge in [0.15, 0.2) is 5.41 Å². The minimum atomic E-state index is -2.98. The molecular formula is C6H7F2NO2. The summed E-state index contributed by atoms with van der Waals surface area (Å²) in [4.78, 5) is 10.5. The quantitative estimate of drug-likeness (QED) is 0.568. The van der Waals surface area contributed by atoms with Gasteiger partial charge in [0.25, 0.3) is 5.92 Å². The van der Waals surface area contributed by atoms with E-state index in [1.807, 2.05) is 0 Å². The Morgan fingerprint density at radius 3 is 2.55 bits per heavy atom. The van der Waals surface area contributed by atoms with Crippen molar-refractivity contribution in [2.45, 2.75) is 5.92 Å². The van der Waals surface area contributed by atoms with Crippen LogP contribution in [-0.4, -0.2) is 30.1 Å². The molecule has 62 valence electrons. The molecule has 0 aromatic rings. The maximum Gasteiger partial charge on any atom is 0.317 e. The van der Waals surface area contributed by atoms with Crippen molar-refractivity contribution < 1.29 is 18.7 Å². The molecule has 1 aliphatic heterocycles. The zero-order valence-electron chi connectivity index (χ0n) is 5.60. The molecule has 2 fully saturated rings. The predicted octanol–water partition coefficient (Wildman–Crippen LogP) is -0.0743. The van der Waals surface area contributed by atoms with Crippen LogP contribution in [0.2, 0.25) is 0 Å². The average Bonchev–Trinajstić information content (AvgIpc) is 2.25. The lowest BCUT2D eigenvalue weighted by molar-refractivity contribution is -0.147. The van der Waals surface area contributed by atoms with Gasteiger partial charge in [-0.3, -0.25) is 4.79 Å². The lowest BCUT2D eigenvalue weighted by atomic mass is 10.1. The van der Waals surface area contributed by atoms with E-state index < -0.39 is 23.2 Å². The van der Waals surface area contributed by atoms with Gasteiger partial charge in [0, 0.05) is 13.1 Å². The first-order valence-electron chi connectivity index (χ1n) is 3.35. The molecule has 3 nitrogen and oxygen atoms in total. The van der Waals surface area contributed by atoms with Crippen LogP contribution in [0.25, 0.3) is 0 Å². The lowest BCUT2D eigenvalue weighted by Gasteiger charge is -2.07. The summed E-state index contributed by atoms with van der Waals surface area (Å²) in [6.07, 6.45) is 0. The van der Waals surface area contributed by atoms with Crippen molar-refractivity contribution in [1.29, 1.82) is 0 Å². The van der Waals surface area contributed by atoms with Gasteiger partial charge in [0.2, 0.25) is 0 Å². The van der Waals surface area contributed by atoms with E-state index in [-0.39, 0.29) is 13.1 Å². The molecule has 5 heteroatoms. The molecule has 0 bridgehead atoms. The number of halogens is 2. The lowest BCUT2D eigenvalue weighted by Crippen LogP contribution is -2.31. The van der Waals surface area contributed by atoms with Crippen LogP contribution >= 0.6 is 0 Å². The Bertz CT molecular complexity index is 231. The summed E-state index contributed by atoms with van der Waals surface area (Å²) in [5.74, 6) is -5.34. The van der Waals surface area contributed by atoms with Crippen LogP contribution in [0.15, 0.2) is 0 Å². The topological polar surface area (TPSA) is 49.3 Å². The van der Waals surface area contributed by atoms with Crippen LogP contribution < -0.4 is 5.32 Å². The summed E-state index contributed by atoms with van der Waals surface area (Å²) in [6.45, 7) is 0.0271. The van der Waals surface area contributed by atoms with Crippen molar-refractivity contribution in [3.05, 3.63) is 0 Å². The smallest absolute Gasteiger partial charge is 0.317 e. The molecule has 2 rings (SSSR count). The fourth-order valence-electron chi connectivity index (χ4n) is 1.86. The SMILES string of the molecule is O=C(O)[C@@]12CNC[C@H]1C2(F)F. The van der Waals surface area contributed by atoms with E-state index in [1.54, 1.807) is 0 Å². The first-order valence-corrected chi connectivity index (χ1v) is 3.35. The minimum absolute atomic E-state index is 0.0972. The zero-order chi connectivity index (χ0) is 8.28. The van der Waals surface area contributed by atoms with Crippen LogP contribution in [0.1, 0.15) is 0 Å². The molecular weight excluding hydrogens is 156 g/mol. The molecule has 0 spiro atoms. The molecule has 1 saturated carbocycles. The number of fused-ring (bicyclic) bond motifs is 1. The molecule has 2 atom stereocenters. The van der Waals surface area contributed by atoms with Crippen molar-refractivity contribution in [2.24, 2.45) is 11.3 Å². The van der Waals surface area contributed by atoms with Gasteiger partial charge in [-0.15, -0.1) is 0 Å². The maximum absolute atomic E-state index is 12.7. The van der Waals surface area contributed by atoms with Crippen molar-refractivity contribution in [3.8, 4) is 0 Å². The number of hydrogen-bond donors (Lipinski definition) is 2. The van der Waals surface area contributed by atoms with Gasteiger partial charge in [-0.25, -0.2) is 8.78 Å². The number of carbonyl (C=O) groups is 1. The molecule has 11 heavy (non-hydrogen) atoms. The molecule has 0 radical (unpaired) electrons. The van der Waals surface area contributed by atoms with E-state index in [0.29, 0.717) is 0 Å². The molecule has 1 saturated heterocycles. The van der Waals surface area contributed by atoms with Gasteiger partial charge in [0.05, 0.1) is 5.92 Å². The van der Waals surface area contributed by atoms with E-state index in [2.05, 4.69) is 5.32 Å². The van der Waals surface area contributed by atoms with Crippen molar-refractivity contribution in [1.82, 2.24) is 5.32 Å². The third kappa shape index (κ3) is 0.504. The molecule has 0 aromatic heterocycles. The van der Waals surface area contributed by atoms with E-state index in [1.165, 1.54) is 0 Å². The number of aliphatic carboxylic acids is 1. The molecule has 1 aliphatic carbocycles. The highest BCUT2D eigenvalue weighted by molar-refractivity contribution is 5.82. The zero-order valence-corrected chi connectivity index (χ0v) is 5.60. The Balaban J connectivity index is 2.33.